The number of nitrogens with zero attached hydrogens (tertiary/aromatic N) is 2. The molecular formula is C13H21N3O. The van der Waals surface area contributed by atoms with Gasteiger partial charge in [0.25, 0.3) is 0 Å². The minimum absolute atomic E-state index is 0.292. The first-order valence-corrected chi connectivity index (χ1v) is 6.22. The van der Waals surface area contributed by atoms with Crippen molar-refractivity contribution in [3.8, 4) is 0 Å². The van der Waals surface area contributed by atoms with Crippen molar-refractivity contribution in [1.82, 2.24) is 15.2 Å². The lowest BCUT2D eigenvalue weighted by Crippen LogP contribution is -2.47. The van der Waals surface area contributed by atoms with Crippen LogP contribution in [-0.4, -0.2) is 49.3 Å². The van der Waals surface area contributed by atoms with Crippen LogP contribution in [0.2, 0.25) is 0 Å². The maximum atomic E-state index is 5.71. The molecule has 0 aliphatic carbocycles. The molecule has 0 spiro atoms. The molecule has 2 rings (SSSR count). The largest absolute Gasteiger partial charge is 0.374 e. The summed E-state index contributed by atoms with van der Waals surface area (Å²) in [6.45, 7) is 5.88. The first kappa shape index (κ1) is 12.5. The summed E-state index contributed by atoms with van der Waals surface area (Å²) < 4.78 is 5.71. The Morgan fingerprint density at radius 2 is 2.47 bits per heavy atom. The van der Waals surface area contributed by atoms with Crippen molar-refractivity contribution in [3.63, 3.8) is 0 Å². The number of hydrogen-bond donors (Lipinski definition) is 1. The highest BCUT2D eigenvalue weighted by atomic mass is 16.5. The molecule has 1 saturated heterocycles. The van der Waals surface area contributed by atoms with Gasteiger partial charge in [-0.15, -0.1) is 0 Å². The van der Waals surface area contributed by atoms with Crippen LogP contribution >= 0.6 is 0 Å². The molecule has 2 heterocycles. The van der Waals surface area contributed by atoms with Crippen molar-refractivity contribution in [2.24, 2.45) is 0 Å². The number of hydrogen-bond acceptors (Lipinski definition) is 4. The van der Waals surface area contributed by atoms with E-state index in [1.165, 1.54) is 0 Å². The molecular weight excluding hydrogens is 214 g/mol. The second kappa shape index (κ2) is 6.10. The van der Waals surface area contributed by atoms with Gasteiger partial charge in [0.05, 0.1) is 18.4 Å². The summed E-state index contributed by atoms with van der Waals surface area (Å²) in [7, 11) is 1.96. The number of likely N-dealkylation sites (N-methyl/N-ethyl adjacent to an activating group) is 1. The SMILES string of the molecule is CNCC1CN(C(C)c2ccccn2)CCO1. The fourth-order valence-electron chi connectivity index (χ4n) is 2.26. The Morgan fingerprint density at radius 1 is 1.59 bits per heavy atom. The molecule has 1 N–H and O–H groups in total. The van der Waals surface area contributed by atoms with E-state index < -0.39 is 0 Å². The van der Waals surface area contributed by atoms with E-state index in [0.717, 1.165) is 31.9 Å². The molecule has 0 aromatic carbocycles. The second-order valence-corrected chi connectivity index (χ2v) is 4.48. The summed E-state index contributed by atoms with van der Waals surface area (Å²) in [4.78, 5) is 6.87. The maximum absolute atomic E-state index is 5.71. The quantitative estimate of drug-likeness (QED) is 0.847. The fourth-order valence-corrected chi connectivity index (χ4v) is 2.26. The number of aromatic nitrogens is 1. The lowest BCUT2D eigenvalue weighted by molar-refractivity contribution is -0.0398. The first-order chi connectivity index (χ1) is 8.31. The van der Waals surface area contributed by atoms with E-state index in [2.05, 4.69) is 28.2 Å². The topological polar surface area (TPSA) is 37.4 Å². The maximum Gasteiger partial charge on any atom is 0.0826 e. The Kier molecular flexibility index (Phi) is 4.48. The molecule has 1 aliphatic heterocycles. The van der Waals surface area contributed by atoms with E-state index >= 15 is 0 Å². The van der Waals surface area contributed by atoms with E-state index in [1.54, 1.807) is 0 Å². The zero-order chi connectivity index (χ0) is 12.1. The molecule has 4 nitrogen and oxygen atoms in total. The average molecular weight is 235 g/mol. The van der Waals surface area contributed by atoms with E-state index in [-0.39, 0.29) is 0 Å². The highest BCUT2D eigenvalue weighted by Crippen LogP contribution is 2.20. The Bertz CT molecular complexity index is 329. The highest BCUT2D eigenvalue weighted by Gasteiger charge is 2.24. The van der Waals surface area contributed by atoms with Crippen molar-refractivity contribution in [1.29, 1.82) is 0 Å². The lowest BCUT2D eigenvalue weighted by Gasteiger charge is -2.36. The zero-order valence-corrected chi connectivity index (χ0v) is 10.6. The Labute approximate surface area is 103 Å². The minimum Gasteiger partial charge on any atom is -0.374 e. The number of ether oxygens (including phenoxy) is 1. The second-order valence-electron chi connectivity index (χ2n) is 4.48. The normalized spacial score (nSPS) is 23.5. The van der Waals surface area contributed by atoms with Crippen LogP contribution in [0.1, 0.15) is 18.7 Å². The zero-order valence-electron chi connectivity index (χ0n) is 10.6. The van der Waals surface area contributed by atoms with Crippen LogP contribution < -0.4 is 5.32 Å². The number of nitrogens with one attached hydrogen (secondary N) is 1. The van der Waals surface area contributed by atoms with Gasteiger partial charge in [-0.05, 0) is 26.1 Å². The van der Waals surface area contributed by atoms with E-state index in [0.29, 0.717) is 12.1 Å². The van der Waals surface area contributed by atoms with Gasteiger partial charge in [-0.25, -0.2) is 0 Å². The van der Waals surface area contributed by atoms with Gasteiger partial charge in [0.2, 0.25) is 0 Å². The van der Waals surface area contributed by atoms with Gasteiger partial charge in [0, 0.05) is 31.9 Å². The summed E-state index contributed by atoms with van der Waals surface area (Å²) in [6.07, 6.45) is 2.15. The van der Waals surface area contributed by atoms with Crippen LogP contribution in [-0.2, 0) is 4.74 Å². The molecule has 1 aliphatic rings. The lowest BCUT2D eigenvalue weighted by atomic mass is 10.1. The van der Waals surface area contributed by atoms with Gasteiger partial charge in [-0.1, -0.05) is 6.07 Å². The molecule has 0 saturated carbocycles. The Morgan fingerprint density at radius 3 is 3.18 bits per heavy atom. The van der Waals surface area contributed by atoms with Gasteiger partial charge in [0.15, 0.2) is 0 Å². The molecule has 4 heteroatoms. The fraction of sp³-hybridized carbons (Fsp3) is 0.615. The van der Waals surface area contributed by atoms with Crippen molar-refractivity contribution in [2.45, 2.75) is 19.1 Å². The molecule has 0 radical (unpaired) electrons. The number of rotatable bonds is 4. The first-order valence-electron chi connectivity index (χ1n) is 6.22. The standard InChI is InChI=1S/C13H21N3O/c1-11(13-5-3-4-6-15-13)16-7-8-17-12(10-16)9-14-2/h3-6,11-12,14H,7-10H2,1-2H3. The third-order valence-corrected chi connectivity index (χ3v) is 3.27. The average Bonchev–Trinajstić information content (AvgIpc) is 2.40. The molecule has 0 amide bonds. The molecule has 2 unspecified atom stereocenters. The summed E-state index contributed by atoms with van der Waals surface area (Å²) in [5.41, 5.74) is 1.14. The van der Waals surface area contributed by atoms with Crippen molar-refractivity contribution in [2.75, 3.05) is 33.3 Å². The summed E-state index contributed by atoms with van der Waals surface area (Å²) >= 11 is 0. The molecule has 2 atom stereocenters. The van der Waals surface area contributed by atoms with Gasteiger partial charge in [-0.2, -0.15) is 0 Å². The summed E-state index contributed by atoms with van der Waals surface area (Å²) in [6, 6.07) is 6.45. The Hall–Kier alpha value is -0.970. The van der Waals surface area contributed by atoms with Crippen LogP contribution in [0.25, 0.3) is 0 Å². The molecule has 1 aromatic rings. The number of morpholine rings is 1. The van der Waals surface area contributed by atoms with Gasteiger partial charge >= 0.3 is 0 Å². The summed E-state index contributed by atoms with van der Waals surface area (Å²) in [5, 5.41) is 3.17. The van der Waals surface area contributed by atoms with Gasteiger partial charge in [-0.3, -0.25) is 9.88 Å². The molecule has 1 fully saturated rings. The van der Waals surface area contributed by atoms with Crippen molar-refractivity contribution >= 4 is 0 Å². The molecule has 94 valence electrons. The van der Waals surface area contributed by atoms with E-state index in [9.17, 15) is 0 Å². The smallest absolute Gasteiger partial charge is 0.0826 e. The van der Waals surface area contributed by atoms with Crippen molar-refractivity contribution < 1.29 is 4.74 Å². The van der Waals surface area contributed by atoms with Crippen LogP contribution in [0, 0.1) is 0 Å². The molecule has 17 heavy (non-hydrogen) atoms. The monoisotopic (exact) mass is 235 g/mol. The van der Waals surface area contributed by atoms with Crippen LogP contribution in [0.15, 0.2) is 24.4 Å². The van der Waals surface area contributed by atoms with Gasteiger partial charge < -0.3 is 10.1 Å². The van der Waals surface area contributed by atoms with E-state index in [4.69, 9.17) is 4.74 Å². The minimum atomic E-state index is 0.292. The van der Waals surface area contributed by atoms with Crippen LogP contribution in [0.4, 0.5) is 0 Å². The van der Waals surface area contributed by atoms with E-state index in [1.807, 2.05) is 25.4 Å². The van der Waals surface area contributed by atoms with Crippen molar-refractivity contribution in [3.05, 3.63) is 30.1 Å². The number of pyridine rings is 1. The third kappa shape index (κ3) is 3.25. The summed E-state index contributed by atoms with van der Waals surface area (Å²) in [5.74, 6) is 0. The third-order valence-electron chi connectivity index (χ3n) is 3.27. The molecule has 0 bridgehead atoms. The van der Waals surface area contributed by atoms with Gasteiger partial charge in [0.1, 0.15) is 0 Å². The van der Waals surface area contributed by atoms with Crippen LogP contribution in [0.5, 0.6) is 0 Å². The Balaban J connectivity index is 1.97. The predicted octanol–water partition coefficient (Wildman–Crippen LogP) is 1.06. The molecule has 1 aromatic heterocycles. The highest BCUT2D eigenvalue weighted by molar-refractivity contribution is 5.08. The van der Waals surface area contributed by atoms with Crippen LogP contribution in [0.3, 0.4) is 0 Å². The predicted molar refractivity (Wildman–Crippen MR) is 67.9 cm³/mol.